The van der Waals surface area contributed by atoms with Crippen LogP contribution in [0.5, 0.6) is 11.5 Å². The number of methoxy groups -OCH3 is 2. The summed E-state index contributed by atoms with van der Waals surface area (Å²) < 4.78 is 28.7. The Morgan fingerprint density at radius 1 is 0.857 bits per heavy atom. The van der Waals surface area contributed by atoms with Crippen molar-refractivity contribution in [3.8, 4) is 11.5 Å². The second-order valence-corrected chi connectivity index (χ2v) is 6.85. The Bertz CT molecular complexity index is 433. The standard InChI is InChI=1S/C15H26O5Si/c1-7-18-21(19-8-2,20-9-3)14-11-10-13(16-5)12(4)15(14)17-6/h10-11H,7-9H2,1-6H3. The first kappa shape index (κ1) is 18.0. The van der Waals surface area contributed by atoms with E-state index in [1.165, 1.54) is 0 Å². The predicted octanol–water partition coefficient (Wildman–Crippen LogP) is 2.27. The number of rotatable bonds is 9. The second kappa shape index (κ2) is 8.38. The van der Waals surface area contributed by atoms with E-state index in [1.54, 1.807) is 14.2 Å². The zero-order valence-corrected chi connectivity index (χ0v) is 14.8. The summed E-state index contributed by atoms with van der Waals surface area (Å²) in [7, 11) is 0.287. The van der Waals surface area contributed by atoms with Crippen molar-refractivity contribution in [1.82, 2.24) is 0 Å². The van der Waals surface area contributed by atoms with E-state index < -0.39 is 8.80 Å². The van der Waals surface area contributed by atoms with Gasteiger partial charge in [-0.25, -0.2) is 0 Å². The number of ether oxygens (including phenoxy) is 2. The molecule has 0 N–H and O–H groups in total. The molecule has 0 aliphatic rings. The van der Waals surface area contributed by atoms with Crippen molar-refractivity contribution in [2.75, 3.05) is 34.0 Å². The highest BCUT2D eigenvalue weighted by molar-refractivity contribution is 6.76. The number of hydrogen-bond donors (Lipinski definition) is 0. The molecule has 0 heterocycles. The van der Waals surface area contributed by atoms with Crippen LogP contribution in [0.1, 0.15) is 26.3 Å². The van der Waals surface area contributed by atoms with E-state index in [9.17, 15) is 0 Å². The van der Waals surface area contributed by atoms with Crippen molar-refractivity contribution < 1.29 is 22.8 Å². The van der Waals surface area contributed by atoms with Crippen LogP contribution in [0.3, 0.4) is 0 Å². The highest BCUT2D eigenvalue weighted by atomic mass is 28.4. The molecule has 0 aromatic heterocycles. The van der Waals surface area contributed by atoms with Gasteiger partial charge in [-0.15, -0.1) is 0 Å². The molecule has 0 saturated carbocycles. The highest BCUT2D eigenvalue weighted by Gasteiger charge is 2.46. The van der Waals surface area contributed by atoms with Gasteiger partial charge in [-0.3, -0.25) is 0 Å². The number of benzene rings is 1. The van der Waals surface area contributed by atoms with E-state index in [2.05, 4.69) is 0 Å². The first-order valence-electron chi connectivity index (χ1n) is 7.24. The Labute approximate surface area is 128 Å². The van der Waals surface area contributed by atoms with E-state index in [0.29, 0.717) is 25.6 Å². The van der Waals surface area contributed by atoms with Crippen LogP contribution < -0.4 is 14.7 Å². The van der Waals surface area contributed by atoms with Crippen molar-refractivity contribution in [1.29, 1.82) is 0 Å². The van der Waals surface area contributed by atoms with Gasteiger partial charge in [0, 0.05) is 25.4 Å². The van der Waals surface area contributed by atoms with Gasteiger partial charge < -0.3 is 22.8 Å². The zero-order valence-electron chi connectivity index (χ0n) is 13.8. The lowest BCUT2D eigenvalue weighted by Gasteiger charge is -2.30. The maximum Gasteiger partial charge on any atom is 0.541 e. The average Bonchev–Trinajstić information content (AvgIpc) is 2.47. The molecule has 0 unspecified atom stereocenters. The van der Waals surface area contributed by atoms with Crippen molar-refractivity contribution in [2.24, 2.45) is 0 Å². The van der Waals surface area contributed by atoms with E-state index in [0.717, 1.165) is 16.5 Å². The van der Waals surface area contributed by atoms with Crippen LogP contribution in [0, 0.1) is 6.92 Å². The minimum Gasteiger partial charge on any atom is -0.496 e. The minimum absolute atomic E-state index is 0.514. The van der Waals surface area contributed by atoms with Gasteiger partial charge in [0.15, 0.2) is 0 Å². The Morgan fingerprint density at radius 3 is 1.76 bits per heavy atom. The van der Waals surface area contributed by atoms with Crippen LogP contribution in [0.4, 0.5) is 0 Å². The molecule has 1 aromatic carbocycles. The van der Waals surface area contributed by atoms with Gasteiger partial charge in [-0.1, -0.05) is 0 Å². The Hall–Kier alpha value is -1.08. The van der Waals surface area contributed by atoms with E-state index in [1.807, 2.05) is 39.8 Å². The first-order valence-corrected chi connectivity index (χ1v) is 8.96. The van der Waals surface area contributed by atoms with E-state index >= 15 is 0 Å². The van der Waals surface area contributed by atoms with Gasteiger partial charge in [-0.2, -0.15) is 0 Å². The lowest BCUT2D eigenvalue weighted by Crippen LogP contribution is -2.57. The molecule has 1 rings (SSSR count). The van der Waals surface area contributed by atoms with Crippen molar-refractivity contribution in [2.45, 2.75) is 27.7 Å². The fourth-order valence-electron chi connectivity index (χ4n) is 2.33. The van der Waals surface area contributed by atoms with Crippen LogP contribution in [-0.4, -0.2) is 42.8 Å². The maximum atomic E-state index is 5.94. The Morgan fingerprint density at radius 2 is 1.38 bits per heavy atom. The van der Waals surface area contributed by atoms with Gasteiger partial charge in [0.25, 0.3) is 0 Å². The molecule has 0 fully saturated rings. The van der Waals surface area contributed by atoms with Gasteiger partial charge in [0.1, 0.15) is 11.5 Å². The molecule has 0 aliphatic carbocycles. The molecule has 0 amide bonds. The summed E-state index contributed by atoms with van der Waals surface area (Å²) in [4.78, 5) is 0. The highest BCUT2D eigenvalue weighted by Crippen LogP contribution is 2.28. The monoisotopic (exact) mass is 314 g/mol. The molecule has 21 heavy (non-hydrogen) atoms. The largest absolute Gasteiger partial charge is 0.541 e. The van der Waals surface area contributed by atoms with Crippen LogP contribution >= 0.6 is 0 Å². The van der Waals surface area contributed by atoms with E-state index in [-0.39, 0.29) is 0 Å². The third kappa shape index (κ3) is 3.77. The lowest BCUT2D eigenvalue weighted by atomic mass is 10.2. The molecular weight excluding hydrogens is 288 g/mol. The van der Waals surface area contributed by atoms with Crippen LogP contribution in [0.15, 0.2) is 12.1 Å². The van der Waals surface area contributed by atoms with Crippen molar-refractivity contribution >= 4 is 14.0 Å². The van der Waals surface area contributed by atoms with Crippen LogP contribution in [0.25, 0.3) is 0 Å². The molecule has 1 aromatic rings. The quantitative estimate of drug-likeness (QED) is 0.654. The summed E-state index contributed by atoms with van der Waals surface area (Å²) in [5.74, 6) is 1.47. The summed E-state index contributed by atoms with van der Waals surface area (Å²) in [5.41, 5.74) is 0.911. The van der Waals surface area contributed by atoms with Crippen LogP contribution in [0.2, 0.25) is 0 Å². The third-order valence-corrected chi connectivity index (χ3v) is 6.17. The van der Waals surface area contributed by atoms with Gasteiger partial charge >= 0.3 is 8.80 Å². The normalized spacial score (nSPS) is 11.5. The lowest BCUT2D eigenvalue weighted by molar-refractivity contribution is 0.0853. The Balaban J connectivity index is 3.45. The second-order valence-electron chi connectivity index (χ2n) is 4.33. The first-order chi connectivity index (χ1) is 10.1. The summed E-state index contributed by atoms with van der Waals surface area (Å²) in [5, 5.41) is 0.842. The average molecular weight is 314 g/mol. The topological polar surface area (TPSA) is 46.2 Å². The summed E-state index contributed by atoms with van der Waals surface area (Å²) in [6, 6.07) is 3.81. The zero-order chi connectivity index (χ0) is 15.9. The third-order valence-electron chi connectivity index (χ3n) is 3.11. The smallest absolute Gasteiger partial charge is 0.496 e. The Kier molecular flexibility index (Phi) is 7.17. The fraction of sp³-hybridized carbons (Fsp3) is 0.600. The summed E-state index contributed by atoms with van der Waals surface area (Å²) in [6.45, 7) is 9.29. The molecule has 0 bridgehead atoms. The molecule has 0 atom stereocenters. The van der Waals surface area contributed by atoms with E-state index in [4.69, 9.17) is 22.8 Å². The molecule has 120 valence electrons. The van der Waals surface area contributed by atoms with Gasteiger partial charge in [-0.05, 0) is 39.8 Å². The van der Waals surface area contributed by atoms with Crippen molar-refractivity contribution in [3.05, 3.63) is 17.7 Å². The predicted molar refractivity (Wildman–Crippen MR) is 84.5 cm³/mol. The molecule has 6 heteroatoms. The minimum atomic E-state index is -2.98. The SMILES string of the molecule is CCO[Si](OCC)(OCC)c1ccc(OC)c(C)c1OC. The molecule has 0 aliphatic heterocycles. The maximum absolute atomic E-state index is 5.94. The molecule has 5 nitrogen and oxygen atoms in total. The van der Waals surface area contributed by atoms with Gasteiger partial charge in [0.05, 0.1) is 19.4 Å². The molecule has 0 saturated heterocycles. The van der Waals surface area contributed by atoms with Crippen molar-refractivity contribution in [3.63, 3.8) is 0 Å². The van der Waals surface area contributed by atoms with Gasteiger partial charge in [0.2, 0.25) is 0 Å². The molecular formula is C15H26O5Si. The fourth-order valence-corrected chi connectivity index (χ4v) is 5.04. The molecule has 0 radical (unpaired) electrons. The summed E-state index contributed by atoms with van der Waals surface area (Å²) in [6.07, 6.45) is 0. The molecule has 0 spiro atoms. The van der Waals surface area contributed by atoms with Crippen LogP contribution in [-0.2, 0) is 13.3 Å². The number of hydrogen-bond acceptors (Lipinski definition) is 5. The summed E-state index contributed by atoms with van der Waals surface area (Å²) >= 11 is 0.